The van der Waals surface area contributed by atoms with Gasteiger partial charge in [-0.2, -0.15) is 5.10 Å². The van der Waals surface area contributed by atoms with Crippen molar-refractivity contribution in [3.8, 4) is 0 Å². The summed E-state index contributed by atoms with van der Waals surface area (Å²) in [5, 5.41) is 16.4. The van der Waals surface area contributed by atoms with Crippen LogP contribution in [0.5, 0.6) is 0 Å². The van der Waals surface area contributed by atoms with Crippen molar-refractivity contribution in [3.05, 3.63) is 17.0 Å². The molecule has 1 aromatic heterocycles. The Morgan fingerprint density at radius 1 is 1.38 bits per heavy atom. The normalized spacial score (nSPS) is 22.0. The molecule has 116 valence electrons. The molecule has 6 nitrogen and oxygen atoms in total. The summed E-state index contributed by atoms with van der Waals surface area (Å²) in [6.45, 7) is 3.85. The van der Waals surface area contributed by atoms with E-state index in [0.29, 0.717) is 19.3 Å². The van der Waals surface area contributed by atoms with Crippen molar-refractivity contribution in [1.29, 1.82) is 0 Å². The second-order valence-corrected chi connectivity index (χ2v) is 5.92. The van der Waals surface area contributed by atoms with Gasteiger partial charge in [-0.05, 0) is 33.1 Å². The molecule has 6 heteroatoms. The molecule has 1 aromatic rings. The fourth-order valence-corrected chi connectivity index (χ4v) is 3.06. The first-order valence-corrected chi connectivity index (χ1v) is 7.39. The topological polar surface area (TPSA) is 84.2 Å². The summed E-state index contributed by atoms with van der Waals surface area (Å²) in [6, 6.07) is -0.0235. The number of hydrogen-bond acceptors (Lipinski definition) is 3. The van der Waals surface area contributed by atoms with Gasteiger partial charge in [0, 0.05) is 24.3 Å². The number of hydrogen-bond donors (Lipinski definition) is 2. The van der Waals surface area contributed by atoms with Crippen molar-refractivity contribution >= 4 is 11.9 Å². The van der Waals surface area contributed by atoms with Gasteiger partial charge in [-0.15, -0.1) is 0 Å². The highest BCUT2D eigenvalue weighted by Crippen LogP contribution is 2.24. The summed E-state index contributed by atoms with van der Waals surface area (Å²) in [7, 11) is 1.86. The lowest BCUT2D eigenvalue weighted by Gasteiger charge is -2.27. The van der Waals surface area contributed by atoms with Gasteiger partial charge in [0.05, 0.1) is 18.0 Å². The molecule has 2 N–H and O–H groups in total. The third-order valence-corrected chi connectivity index (χ3v) is 4.38. The lowest BCUT2D eigenvalue weighted by atomic mass is 9.85. The second kappa shape index (κ2) is 6.28. The zero-order chi connectivity index (χ0) is 15.6. The van der Waals surface area contributed by atoms with E-state index in [4.69, 9.17) is 5.11 Å². The van der Waals surface area contributed by atoms with Gasteiger partial charge in [0.25, 0.3) is 0 Å². The van der Waals surface area contributed by atoms with Crippen LogP contribution in [-0.4, -0.2) is 32.8 Å². The summed E-state index contributed by atoms with van der Waals surface area (Å²) >= 11 is 0. The van der Waals surface area contributed by atoms with E-state index in [1.807, 2.05) is 20.9 Å². The number of aliphatic carboxylic acids is 1. The van der Waals surface area contributed by atoms with Crippen molar-refractivity contribution in [1.82, 2.24) is 15.1 Å². The SMILES string of the molecule is Cc1nn(C)c(C)c1CC(=O)NC1CCCC(C(=O)O)C1. The van der Waals surface area contributed by atoms with Crippen LogP contribution in [0.3, 0.4) is 0 Å². The number of aryl methyl sites for hydroxylation is 2. The van der Waals surface area contributed by atoms with Crippen LogP contribution in [0, 0.1) is 19.8 Å². The van der Waals surface area contributed by atoms with E-state index < -0.39 is 5.97 Å². The molecule has 2 unspecified atom stereocenters. The van der Waals surface area contributed by atoms with Crippen LogP contribution >= 0.6 is 0 Å². The number of carboxylic acids is 1. The number of carbonyl (C=O) groups is 2. The number of amides is 1. The second-order valence-electron chi connectivity index (χ2n) is 5.92. The van der Waals surface area contributed by atoms with Crippen LogP contribution in [0.2, 0.25) is 0 Å². The van der Waals surface area contributed by atoms with E-state index in [9.17, 15) is 9.59 Å². The Bertz CT molecular complexity index is 551. The Kier molecular flexibility index (Phi) is 4.65. The highest BCUT2D eigenvalue weighted by atomic mass is 16.4. The minimum Gasteiger partial charge on any atom is -0.481 e. The number of nitrogens with one attached hydrogen (secondary N) is 1. The monoisotopic (exact) mass is 293 g/mol. The Hall–Kier alpha value is -1.85. The van der Waals surface area contributed by atoms with Gasteiger partial charge in [-0.25, -0.2) is 0 Å². The molecule has 0 bridgehead atoms. The molecule has 2 atom stereocenters. The fraction of sp³-hybridized carbons (Fsp3) is 0.667. The average molecular weight is 293 g/mol. The van der Waals surface area contributed by atoms with Gasteiger partial charge in [-0.1, -0.05) is 6.42 Å². The third-order valence-electron chi connectivity index (χ3n) is 4.38. The first kappa shape index (κ1) is 15.5. The van der Waals surface area contributed by atoms with Gasteiger partial charge in [-0.3, -0.25) is 14.3 Å². The predicted octanol–water partition coefficient (Wildman–Crippen LogP) is 1.34. The first-order valence-electron chi connectivity index (χ1n) is 7.39. The van der Waals surface area contributed by atoms with Crippen molar-refractivity contribution in [2.75, 3.05) is 0 Å². The van der Waals surface area contributed by atoms with Crippen LogP contribution in [0.15, 0.2) is 0 Å². The third kappa shape index (κ3) is 3.62. The van der Waals surface area contributed by atoms with Crippen molar-refractivity contribution in [2.45, 2.75) is 52.0 Å². The molecule has 0 saturated heterocycles. The molecular formula is C15H23N3O3. The highest BCUT2D eigenvalue weighted by Gasteiger charge is 2.28. The number of carboxylic acid groups (broad SMARTS) is 1. The lowest BCUT2D eigenvalue weighted by molar-refractivity contribution is -0.143. The molecule has 2 rings (SSSR count). The van der Waals surface area contributed by atoms with E-state index in [1.54, 1.807) is 4.68 Å². The van der Waals surface area contributed by atoms with Gasteiger partial charge in [0.15, 0.2) is 0 Å². The molecule has 1 aliphatic rings. The molecule has 1 saturated carbocycles. The van der Waals surface area contributed by atoms with Crippen LogP contribution in [0.25, 0.3) is 0 Å². The summed E-state index contributed by atoms with van der Waals surface area (Å²) in [5.41, 5.74) is 2.83. The lowest BCUT2D eigenvalue weighted by Crippen LogP contribution is -2.40. The quantitative estimate of drug-likeness (QED) is 0.877. The molecule has 1 amide bonds. The van der Waals surface area contributed by atoms with Crippen LogP contribution in [0.1, 0.15) is 42.6 Å². The zero-order valence-electron chi connectivity index (χ0n) is 12.8. The minimum atomic E-state index is -0.757. The number of carbonyl (C=O) groups excluding carboxylic acids is 1. The predicted molar refractivity (Wildman–Crippen MR) is 77.9 cm³/mol. The molecule has 1 heterocycles. The molecule has 0 aromatic carbocycles. The van der Waals surface area contributed by atoms with Crippen molar-refractivity contribution in [2.24, 2.45) is 13.0 Å². The van der Waals surface area contributed by atoms with Gasteiger partial charge >= 0.3 is 5.97 Å². The first-order chi connectivity index (χ1) is 9.88. The Balaban J connectivity index is 1.94. The summed E-state index contributed by atoms with van der Waals surface area (Å²) < 4.78 is 1.78. The number of aromatic nitrogens is 2. The van der Waals surface area contributed by atoms with E-state index in [-0.39, 0.29) is 17.9 Å². The van der Waals surface area contributed by atoms with Gasteiger partial charge < -0.3 is 10.4 Å². The molecule has 1 fully saturated rings. The van der Waals surface area contributed by atoms with Gasteiger partial charge in [0.1, 0.15) is 0 Å². The number of nitrogens with zero attached hydrogens (tertiary/aromatic N) is 2. The maximum Gasteiger partial charge on any atom is 0.306 e. The molecule has 21 heavy (non-hydrogen) atoms. The maximum absolute atomic E-state index is 12.2. The molecule has 0 aliphatic heterocycles. The minimum absolute atomic E-state index is 0.0235. The highest BCUT2D eigenvalue weighted by molar-refractivity contribution is 5.79. The smallest absolute Gasteiger partial charge is 0.306 e. The van der Waals surface area contributed by atoms with Crippen molar-refractivity contribution < 1.29 is 14.7 Å². The van der Waals surface area contributed by atoms with E-state index in [1.165, 1.54) is 0 Å². The van der Waals surface area contributed by atoms with Crippen molar-refractivity contribution in [3.63, 3.8) is 0 Å². The molecule has 0 radical (unpaired) electrons. The van der Waals surface area contributed by atoms with Crippen LogP contribution in [-0.2, 0) is 23.1 Å². The maximum atomic E-state index is 12.2. The fourth-order valence-electron chi connectivity index (χ4n) is 3.06. The van der Waals surface area contributed by atoms with E-state index >= 15 is 0 Å². The Morgan fingerprint density at radius 2 is 2.10 bits per heavy atom. The standard InChI is InChI=1S/C15H23N3O3/c1-9-13(10(2)18(3)17-9)8-14(19)16-12-6-4-5-11(7-12)15(20)21/h11-12H,4-8H2,1-3H3,(H,16,19)(H,20,21). The largest absolute Gasteiger partial charge is 0.481 e. The molecule has 0 spiro atoms. The summed E-state index contributed by atoms with van der Waals surface area (Å²) in [6.07, 6.45) is 3.27. The van der Waals surface area contributed by atoms with Crippen LogP contribution < -0.4 is 5.32 Å². The van der Waals surface area contributed by atoms with E-state index in [0.717, 1.165) is 29.8 Å². The summed E-state index contributed by atoms with van der Waals surface area (Å²) in [4.78, 5) is 23.2. The average Bonchev–Trinajstić information content (AvgIpc) is 2.65. The molecule has 1 aliphatic carbocycles. The zero-order valence-corrected chi connectivity index (χ0v) is 12.8. The Morgan fingerprint density at radius 3 is 2.67 bits per heavy atom. The van der Waals surface area contributed by atoms with Crippen LogP contribution in [0.4, 0.5) is 0 Å². The molecular weight excluding hydrogens is 270 g/mol. The summed E-state index contributed by atoms with van der Waals surface area (Å²) in [5.74, 6) is -1.14. The number of rotatable bonds is 4. The Labute approximate surface area is 124 Å². The van der Waals surface area contributed by atoms with E-state index in [2.05, 4.69) is 10.4 Å². The van der Waals surface area contributed by atoms with Gasteiger partial charge in [0.2, 0.25) is 5.91 Å².